The molecule has 1 aromatic carbocycles. The second-order valence-electron chi connectivity index (χ2n) is 7.19. The zero-order chi connectivity index (χ0) is 22.1. The second kappa shape index (κ2) is 8.20. The lowest BCUT2D eigenvalue weighted by molar-refractivity contribution is -0.134. The lowest BCUT2D eigenvalue weighted by Gasteiger charge is -2.20. The molecule has 0 radical (unpaired) electrons. The molecule has 1 aliphatic rings. The Morgan fingerprint density at radius 3 is 2.68 bits per heavy atom. The number of carbonyl (C=O) groups is 1. The zero-order valence-corrected chi connectivity index (χ0v) is 17.6. The number of hydrazone groups is 1. The molecule has 0 aliphatic carbocycles. The smallest absolute Gasteiger partial charge is 0.285 e. The van der Waals surface area contributed by atoms with Crippen LogP contribution in [0.4, 0.5) is 0 Å². The fourth-order valence-electron chi connectivity index (χ4n) is 3.47. The van der Waals surface area contributed by atoms with Gasteiger partial charge in [0.2, 0.25) is 0 Å². The van der Waals surface area contributed by atoms with E-state index in [1.807, 2.05) is 18.2 Å². The first-order valence-corrected chi connectivity index (χ1v) is 9.94. The highest BCUT2D eigenvalue weighted by molar-refractivity contribution is 6.30. The van der Waals surface area contributed by atoms with Crippen LogP contribution in [0.3, 0.4) is 0 Å². The van der Waals surface area contributed by atoms with Gasteiger partial charge in [-0.3, -0.25) is 9.59 Å². The van der Waals surface area contributed by atoms with Gasteiger partial charge < -0.3 is 4.42 Å². The highest BCUT2D eigenvalue weighted by Gasteiger charge is 2.35. The summed E-state index contributed by atoms with van der Waals surface area (Å²) in [6.45, 7) is 3.00. The number of halogens is 1. The number of amides is 1. The molecule has 0 bridgehead atoms. The minimum absolute atomic E-state index is 0.0188. The predicted molar refractivity (Wildman–Crippen MR) is 114 cm³/mol. The number of rotatable bonds is 4. The molecular formula is C22H18ClN5O3. The number of hydrogen-bond donors (Lipinski definition) is 0. The van der Waals surface area contributed by atoms with Crippen molar-refractivity contribution in [3.8, 4) is 6.07 Å². The molecule has 1 aliphatic heterocycles. The number of furan rings is 1. The van der Waals surface area contributed by atoms with Crippen LogP contribution in [-0.4, -0.2) is 26.4 Å². The lowest BCUT2D eigenvalue weighted by Crippen LogP contribution is -2.36. The quantitative estimate of drug-likeness (QED) is 0.624. The Hall–Kier alpha value is -3.70. The van der Waals surface area contributed by atoms with Crippen LogP contribution in [0, 0.1) is 25.2 Å². The van der Waals surface area contributed by atoms with Gasteiger partial charge in [0, 0.05) is 11.4 Å². The number of aryl methyl sites for hydroxylation is 1. The van der Waals surface area contributed by atoms with Crippen LogP contribution in [0.1, 0.15) is 40.6 Å². The number of nitrogens with zero attached hydrogens (tertiary/aromatic N) is 5. The SMILES string of the molecule is Cc1nn(CC(=O)N2N=C(c3ccc(Cl)cc3)C[C@H]2c2ccco2)c(=O)c(C#N)c1C. The Kier molecular flexibility index (Phi) is 5.44. The molecule has 31 heavy (non-hydrogen) atoms. The lowest BCUT2D eigenvalue weighted by atomic mass is 10.0. The van der Waals surface area contributed by atoms with E-state index in [4.69, 9.17) is 16.0 Å². The molecule has 3 heterocycles. The normalized spacial score (nSPS) is 15.6. The zero-order valence-electron chi connectivity index (χ0n) is 16.9. The molecule has 1 atom stereocenters. The number of carbonyl (C=O) groups excluding carboxylic acids is 1. The molecule has 3 aromatic rings. The molecule has 0 saturated heterocycles. The van der Waals surface area contributed by atoms with Crippen LogP contribution in [0.15, 0.2) is 57.0 Å². The van der Waals surface area contributed by atoms with Gasteiger partial charge in [-0.15, -0.1) is 0 Å². The fourth-order valence-corrected chi connectivity index (χ4v) is 3.60. The molecule has 0 N–H and O–H groups in total. The van der Waals surface area contributed by atoms with Crippen molar-refractivity contribution in [2.75, 3.05) is 0 Å². The largest absolute Gasteiger partial charge is 0.467 e. The molecule has 0 unspecified atom stereocenters. The monoisotopic (exact) mass is 435 g/mol. The van der Waals surface area contributed by atoms with E-state index in [2.05, 4.69) is 10.2 Å². The summed E-state index contributed by atoms with van der Waals surface area (Å²) in [6, 6.07) is 12.2. The van der Waals surface area contributed by atoms with Gasteiger partial charge in [0.05, 0.1) is 17.7 Å². The molecule has 2 aromatic heterocycles. The van der Waals surface area contributed by atoms with Crippen molar-refractivity contribution in [1.29, 1.82) is 5.26 Å². The van der Waals surface area contributed by atoms with Gasteiger partial charge in [0.25, 0.3) is 11.5 Å². The first-order valence-electron chi connectivity index (χ1n) is 9.56. The molecule has 156 valence electrons. The number of aromatic nitrogens is 2. The average Bonchev–Trinajstić information content (AvgIpc) is 3.43. The van der Waals surface area contributed by atoms with Gasteiger partial charge in [-0.05, 0) is 49.2 Å². The summed E-state index contributed by atoms with van der Waals surface area (Å²) >= 11 is 5.98. The molecule has 0 saturated carbocycles. The topological polar surface area (TPSA) is 104 Å². The molecule has 0 fully saturated rings. The van der Waals surface area contributed by atoms with E-state index in [1.54, 1.807) is 38.1 Å². The van der Waals surface area contributed by atoms with Crippen LogP contribution in [0.2, 0.25) is 5.02 Å². The number of nitriles is 1. The van der Waals surface area contributed by atoms with Crippen molar-refractivity contribution in [2.45, 2.75) is 32.9 Å². The van der Waals surface area contributed by atoms with Crippen LogP contribution in [0.25, 0.3) is 0 Å². The Morgan fingerprint density at radius 2 is 2.03 bits per heavy atom. The number of hydrogen-bond acceptors (Lipinski definition) is 6. The first kappa shape index (κ1) is 20.6. The van der Waals surface area contributed by atoms with E-state index in [1.165, 1.54) is 11.3 Å². The molecule has 0 spiro atoms. The molecule has 8 nitrogen and oxygen atoms in total. The first-order chi connectivity index (χ1) is 14.9. The van der Waals surface area contributed by atoms with Gasteiger partial charge in [-0.2, -0.15) is 15.5 Å². The van der Waals surface area contributed by atoms with Crippen molar-refractivity contribution in [3.05, 3.63) is 86.2 Å². The highest BCUT2D eigenvalue weighted by Crippen LogP contribution is 2.33. The summed E-state index contributed by atoms with van der Waals surface area (Å²) in [4.78, 5) is 25.8. The summed E-state index contributed by atoms with van der Waals surface area (Å²) in [7, 11) is 0. The van der Waals surface area contributed by atoms with Gasteiger partial charge in [-0.1, -0.05) is 23.7 Å². The standard InChI is InChI=1S/C22H18ClN5O3/c1-13-14(2)25-27(22(30)17(13)11-24)12-21(29)28-19(20-4-3-9-31-20)10-18(26-28)15-5-7-16(23)8-6-15/h3-9,19H,10,12H2,1-2H3/t19-/m0/s1. The molecule has 9 heteroatoms. The van der Waals surface area contributed by atoms with Crippen LogP contribution >= 0.6 is 11.6 Å². The maximum atomic E-state index is 13.2. The van der Waals surface area contributed by atoms with Crippen LogP contribution in [0.5, 0.6) is 0 Å². The van der Waals surface area contributed by atoms with Crippen molar-refractivity contribution in [2.24, 2.45) is 5.10 Å². The second-order valence-corrected chi connectivity index (χ2v) is 7.62. The van der Waals surface area contributed by atoms with E-state index in [9.17, 15) is 14.9 Å². The highest BCUT2D eigenvalue weighted by atomic mass is 35.5. The maximum absolute atomic E-state index is 13.2. The van der Waals surface area contributed by atoms with Gasteiger partial charge in [0.1, 0.15) is 30.0 Å². The van der Waals surface area contributed by atoms with Crippen molar-refractivity contribution >= 4 is 23.2 Å². The van der Waals surface area contributed by atoms with Gasteiger partial charge >= 0.3 is 0 Å². The Balaban J connectivity index is 1.69. The van der Waals surface area contributed by atoms with E-state index in [-0.39, 0.29) is 12.1 Å². The Morgan fingerprint density at radius 1 is 1.29 bits per heavy atom. The Labute approximate surface area is 183 Å². The maximum Gasteiger partial charge on any atom is 0.285 e. The summed E-state index contributed by atoms with van der Waals surface area (Å²) in [6.07, 6.45) is 1.98. The molecular weight excluding hydrogens is 418 g/mol. The molecule has 4 rings (SSSR count). The summed E-state index contributed by atoms with van der Waals surface area (Å²) in [5, 5.41) is 19.9. The van der Waals surface area contributed by atoms with E-state index < -0.39 is 17.5 Å². The van der Waals surface area contributed by atoms with Crippen molar-refractivity contribution in [1.82, 2.24) is 14.8 Å². The summed E-state index contributed by atoms with van der Waals surface area (Å²) in [5.41, 5.74) is 1.94. The summed E-state index contributed by atoms with van der Waals surface area (Å²) < 4.78 is 6.54. The minimum atomic E-state index is -0.602. The van der Waals surface area contributed by atoms with Crippen LogP contribution in [-0.2, 0) is 11.3 Å². The van der Waals surface area contributed by atoms with E-state index >= 15 is 0 Å². The van der Waals surface area contributed by atoms with E-state index in [0.29, 0.717) is 34.2 Å². The average molecular weight is 436 g/mol. The third kappa shape index (κ3) is 3.88. The van der Waals surface area contributed by atoms with Crippen molar-refractivity contribution < 1.29 is 9.21 Å². The fraction of sp³-hybridized carbons (Fsp3) is 0.227. The third-order valence-electron chi connectivity index (χ3n) is 5.25. The number of benzene rings is 1. The summed E-state index contributed by atoms with van der Waals surface area (Å²) in [5.74, 6) is 0.145. The van der Waals surface area contributed by atoms with Gasteiger partial charge in [-0.25, -0.2) is 9.69 Å². The van der Waals surface area contributed by atoms with E-state index in [0.717, 1.165) is 10.2 Å². The van der Waals surface area contributed by atoms with Crippen LogP contribution < -0.4 is 5.56 Å². The predicted octanol–water partition coefficient (Wildman–Crippen LogP) is 3.36. The third-order valence-corrected chi connectivity index (χ3v) is 5.50. The Bertz CT molecular complexity index is 1270. The minimum Gasteiger partial charge on any atom is -0.467 e. The molecule has 1 amide bonds. The van der Waals surface area contributed by atoms with Gasteiger partial charge in [0.15, 0.2) is 0 Å². The van der Waals surface area contributed by atoms with Crippen molar-refractivity contribution in [3.63, 3.8) is 0 Å².